The maximum Gasteiger partial charge on any atom is 0.207 e. The van der Waals surface area contributed by atoms with Gasteiger partial charge in [0, 0.05) is 24.6 Å². The Morgan fingerprint density at radius 2 is 2.00 bits per heavy atom. The van der Waals surface area contributed by atoms with Gasteiger partial charge in [0.2, 0.25) is 5.79 Å². The van der Waals surface area contributed by atoms with E-state index in [0.29, 0.717) is 37.4 Å². The highest BCUT2D eigenvalue weighted by Gasteiger charge is 2.77. The number of nitrogens with zero attached hydrogens (tertiary/aromatic N) is 2. The van der Waals surface area contributed by atoms with Gasteiger partial charge in [-0.25, -0.2) is 0 Å². The Kier molecular flexibility index (Phi) is 3.14. The monoisotopic (exact) mass is 394 g/mol. The van der Waals surface area contributed by atoms with Crippen LogP contribution in [-0.4, -0.2) is 59.8 Å². The molecule has 4 fully saturated rings. The predicted octanol–water partition coefficient (Wildman–Crippen LogP) is 1.87. The summed E-state index contributed by atoms with van der Waals surface area (Å²) in [6.07, 6.45) is 5.16. The zero-order valence-corrected chi connectivity index (χ0v) is 16.5. The van der Waals surface area contributed by atoms with Crippen LogP contribution in [-0.2, 0) is 21.3 Å². The molecule has 3 aliphatic heterocycles. The number of aliphatic hydroxyl groups is 1. The molecule has 2 saturated heterocycles. The Morgan fingerprint density at radius 1 is 1.17 bits per heavy atom. The molecular formula is C23H26N2O4. The van der Waals surface area contributed by atoms with Crippen LogP contribution in [0.2, 0.25) is 0 Å². The van der Waals surface area contributed by atoms with Crippen molar-refractivity contribution < 1.29 is 19.3 Å². The summed E-state index contributed by atoms with van der Waals surface area (Å²) in [6, 6.07) is 6.38. The third-order valence-corrected chi connectivity index (χ3v) is 8.68. The van der Waals surface area contributed by atoms with E-state index < -0.39 is 22.9 Å². The van der Waals surface area contributed by atoms with Gasteiger partial charge in [-0.1, -0.05) is 6.07 Å². The summed E-state index contributed by atoms with van der Waals surface area (Å²) >= 11 is 0. The van der Waals surface area contributed by atoms with Gasteiger partial charge in [-0.2, -0.15) is 5.26 Å². The van der Waals surface area contributed by atoms with Crippen LogP contribution in [0.5, 0.6) is 5.75 Å². The lowest BCUT2D eigenvalue weighted by atomic mass is 9.48. The summed E-state index contributed by atoms with van der Waals surface area (Å²) in [6.45, 7) is 3.15. The number of fused-ring (bicyclic) bond motifs is 1. The molecule has 2 spiro atoms. The fourth-order valence-electron chi connectivity index (χ4n) is 7.31. The normalized spacial score (nSPS) is 41.1. The Bertz CT molecular complexity index is 947. The standard InChI is InChI=1S/C23H26N2O4/c24-12-16-4-3-15-11-17-22(26)5-6-23(27-9-10-28-23)20-21(22,18(15)19(16)29-20)7-8-25(17)13-14-1-2-14/h3-4,14,17,20,26H,1-2,5-11,13H2/t17-,20?,21?,22?/m1/s1. The number of hydrogen-bond acceptors (Lipinski definition) is 6. The lowest BCUT2D eigenvalue weighted by Gasteiger charge is -2.65. The minimum atomic E-state index is -0.877. The molecule has 1 N–H and O–H groups in total. The van der Waals surface area contributed by atoms with E-state index >= 15 is 0 Å². The minimum absolute atomic E-state index is 0.0908. The van der Waals surface area contributed by atoms with Gasteiger partial charge in [-0.3, -0.25) is 4.90 Å². The Hall–Kier alpha value is -1.65. The summed E-state index contributed by atoms with van der Waals surface area (Å²) in [7, 11) is 0. The molecule has 3 aliphatic carbocycles. The van der Waals surface area contributed by atoms with Crippen molar-refractivity contribution in [3.63, 3.8) is 0 Å². The van der Waals surface area contributed by atoms with Gasteiger partial charge in [0.15, 0.2) is 6.10 Å². The molecule has 6 aliphatic rings. The van der Waals surface area contributed by atoms with E-state index in [1.165, 1.54) is 18.4 Å². The zero-order chi connectivity index (χ0) is 19.4. The van der Waals surface area contributed by atoms with Crippen LogP contribution in [0, 0.1) is 17.2 Å². The fraction of sp³-hybridized carbons (Fsp3) is 0.696. The molecule has 0 aromatic heterocycles. The first-order valence-electron chi connectivity index (χ1n) is 11.1. The average Bonchev–Trinajstić information content (AvgIpc) is 3.28. The van der Waals surface area contributed by atoms with Crippen molar-refractivity contribution in [1.29, 1.82) is 5.26 Å². The van der Waals surface area contributed by atoms with E-state index in [1.807, 2.05) is 6.07 Å². The molecule has 6 heteroatoms. The first kappa shape index (κ1) is 17.1. The molecule has 6 nitrogen and oxygen atoms in total. The molecule has 152 valence electrons. The summed E-state index contributed by atoms with van der Waals surface area (Å²) in [5.74, 6) is 0.649. The molecule has 0 radical (unpaired) electrons. The molecule has 1 aromatic rings. The van der Waals surface area contributed by atoms with Crippen molar-refractivity contribution in [2.24, 2.45) is 5.92 Å². The van der Waals surface area contributed by atoms with Gasteiger partial charge in [0.1, 0.15) is 11.8 Å². The second-order valence-electron chi connectivity index (χ2n) is 9.90. The van der Waals surface area contributed by atoms with E-state index in [2.05, 4.69) is 17.0 Å². The van der Waals surface area contributed by atoms with Gasteiger partial charge < -0.3 is 19.3 Å². The molecule has 7 rings (SSSR count). The number of hydrogen-bond donors (Lipinski definition) is 1. The number of nitriles is 1. The van der Waals surface area contributed by atoms with Crippen molar-refractivity contribution in [2.75, 3.05) is 26.3 Å². The second-order valence-corrected chi connectivity index (χ2v) is 9.90. The number of piperidine rings is 1. The third kappa shape index (κ3) is 1.87. The lowest BCUT2D eigenvalue weighted by molar-refractivity contribution is -0.296. The number of rotatable bonds is 2. The van der Waals surface area contributed by atoms with Crippen molar-refractivity contribution >= 4 is 0 Å². The highest BCUT2D eigenvalue weighted by Crippen LogP contribution is 2.67. The third-order valence-electron chi connectivity index (χ3n) is 8.68. The maximum atomic E-state index is 12.4. The Balaban J connectivity index is 1.46. The molecule has 4 atom stereocenters. The Labute approximate surface area is 170 Å². The highest BCUT2D eigenvalue weighted by molar-refractivity contribution is 5.63. The zero-order valence-electron chi connectivity index (χ0n) is 16.5. The molecule has 29 heavy (non-hydrogen) atoms. The van der Waals surface area contributed by atoms with Gasteiger partial charge in [0.25, 0.3) is 0 Å². The van der Waals surface area contributed by atoms with Crippen LogP contribution in [0.1, 0.15) is 48.8 Å². The summed E-state index contributed by atoms with van der Waals surface area (Å²) < 4.78 is 19.0. The minimum Gasteiger partial charge on any atom is -0.482 e. The molecule has 2 bridgehead atoms. The average molecular weight is 394 g/mol. The first-order valence-corrected chi connectivity index (χ1v) is 11.1. The van der Waals surface area contributed by atoms with Crippen molar-refractivity contribution in [3.8, 4) is 11.8 Å². The van der Waals surface area contributed by atoms with Crippen molar-refractivity contribution in [3.05, 3.63) is 28.8 Å². The predicted molar refractivity (Wildman–Crippen MR) is 102 cm³/mol. The van der Waals surface area contributed by atoms with Crippen LogP contribution >= 0.6 is 0 Å². The van der Waals surface area contributed by atoms with Gasteiger partial charge in [-0.05, 0) is 56.2 Å². The van der Waals surface area contributed by atoms with Gasteiger partial charge in [0.05, 0.1) is 29.8 Å². The maximum absolute atomic E-state index is 12.4. The quantitative estimate of drug-likeness (QED) is 0.825. The van der Waals surface area contributed by atoms with Crippen molar-refractivity contribution in [2.45, 2.75) is 67.5 Å². The lowest BCUT2D eigenvalue weighted by Crippen LogP contribution is -2.79. The molecule has 3 unspecified atom stereocenters. The van der Waals surface area contributed by atoms with E-state index in [0.717, 1.165) is 37.4 Å². The van der Waals surface area contributed by atoms with E-state index in [-0.39, 0.29) is 6.04 Å². The smallest absolute Gasteiger partial charge is 0.207 e. The summed E-state index contributed by atoms with van der Waals surface area (Å²) in [5.41, 5.74) is 1.42. The topological polar surface area (TPSA) is 75.0 Å². The highest BCUT2D eigenvalue weighted by atomic mass is 16.8. The molecule has 0 amide bonds. The molecule has 2 saturated carbocycles. The number of likely N-dealkylation sites (tertiary alicyclic amines) is 1. The largest absolute Gasteiger partial charge is 0.482 e. The SMILES string of the molecule is N#Cc1ccc2c3c1OC1C4(CCC5(O)[C@@H](C2)N(CC2CC2)CCC315)OCCO4. The van der Waals surface area contributed by atoms with Gasteiger partial charge in [-0.15, -0.1) is 0 Å². The summed E-state index contributed by atoms with van der Waals surface area (Å²) in [5, 5.41) is 22.1. The number of benzene rings is 1. The van der Waals surface area contributed by atoms with Crippen LogP contribution in [0.4, 0.5) is 0 Å². The second kappa shape index (κ2) is 5.33. The molecular weight excluding hydrogens is 368 g/mol. The number of ether oxygens (including phenoxy) is 3. The fourth-order valence-corrected chi connectivity index (χ4v) is 7.31. The summed E-state index contributed by atoms with van der Waals surface area (Å²) in [4.78, 5) is 2.55. The first-order chi connectivity index (χ1) is 14.1. The van der Waals surface area contributed by atoms with Crippen LogP contribution in [0.15, 0.2) is 12.1 Å². The van der Waals surface area contributed by atoms with Crippen molar-refractivity contribution in [1.82, 2.24) is 4.90 Å². The van der Waals surface area contributed by atoms with Crippen LogP contribution < -0.4 is 4.74 Å². The van der Waals surface area contributed by atoms with E-state index in [1.54, 1.807) is 0 Å². The molecule has 3 heterocycles. The van der Waals surface area contributed by atoms with Crippen LogP contribution in [0.25, 0.3) is 0 Å². The molecule has 1 aromatic carbocycles. The van der Waals surface area contributed by atoms with E-state index in [9.17, 15) is 10.4 Å². The Morgan fingerprint density at radius 3 is 2.76 bits per heavy atom. The van der Waals surface area contributed by atoms with E-state index in [4.69, 9.17) is 14.2 Å². The van der Waals surface area contributed by atoms with Crippen LogP contribution in [0.3, 0.4) is 0 Å². The van der Waals surface area contributed by atoms with Gasteiger partial charge >= 0.3 is 0 Å².